The monoisotopic (exact) mass is 399 g/mol. The maximum Gasteiger partial charge on any atom is 0.244 e. The van der Waals surface area contributed by atoms with E-state index in [1.54, 1.807) is 10.6 Å². The SMILES string of the molecule is COc1ccc(Cl)cc1S(=O)(=O)NCc1nn2c(C3CC3)nnc2s1. The summed E-state index contributed by atoms with van der Waals surface area (Å²) >= 11 is 7.22. The molecule has 11 heteroatoms. The standard InChI is InChI=1S/C14H14ClN5O3S2/c1-23-10-5-4-9(15)6-11(10)25(21,22)16-7-12-19-20-13(8-2-3-8)17-18-14(20)24-12/h4-6,8,16H,2-3,7H2,1H3. The molecule has 1 aromatic carbocycles. The van der Waals surface area contributed by atoms with Crippen molar-refractivity contribution in [2.45, 2.75) is 30.2 Å². The van der Waals surface area contributed by atoms with Gasteiger partial charge in [0, 0.05) is 10.9 Å². The van der Waals surface area contributed by atoms with Crippen LogP contribution in [0.1, 0.15) is 29.6 Å². The smallest absolute Gasteiger partial charge is 0.244 e. The number of nitrogens with zero attached hydrogens (tertiary/aromatic N) is 4. The van der Waals surface area contributed by atoms with Crippen LogP contribution in [0.3, 0.4) is 0 Å². The number of hydrogen-bond donors (Lipinski definition) is 1. The Morgan fingerprint density at radius 3 is 2.92 bits per heavy atom. The highest BCUT2D eigenvalue weighted by Crippen LogP contribution is 2.39. The lowest BCUT2D eigenvalue weighted by molar-refractivity contribution is 0.402. The minimum absolute atomic E-state index is 0.0100. The molecule has 8 nitrogen and oxygen atoms in total. The number of fused-ring (bicyclic) bond motifs is 1. The predicted molar refractivity (Wildman–Crippen MR) is 92.7 cm³/mol. The van der Waals surface area contributed by atoms with E-state index in [-0.39, 0.29) is 17.2 Å². The molecule has 0 bridgehead atoms. The summed E-state index contributed by atoms with van der Waals surface area (Å²) in [4.78, 5) is 0.653. The number of methoxy groups -OCH3 is 1. The van der Waals surface area contributed by atoms with Crippen molar-refractivity contribution in [3.05, 3.63) is 34.1 Å². The lowest BCUT2D eigenvalue weighted by atomic mass is 10.3. The maximum absolute atomic E-state index is 12.6. The third kappa shape index (κ3) is 3.22. The summed E-state index contributed by atoms with van der Waals surface area (Å²) in [6.07, 6.45) is 2.18. The lowest BCUT2D eigenvalue weighted by Gasteiger charge is -2.10. The van der Waals surface area contributed by atoms with Gasteiger partial charge in [-0.3, -0.25) is 0 Å². The molecular formula is C14H14ClN5O3S2. The molecule has 0 aliphatic heterocycles. The van der Waals surface area contributed by atoms with E-state index < -0.39 is 10.0 Å². The first kappa shape index (κ1) is 16.7. The Morgan fingerprint density at radius 1 is 1.40 bits per heavy atom. The molecular weight excluding hydrogens is 386 g/mol. The van der Waals surface area contributed by atoms with Crippen molar-refractivity contribution in [3.8, 4) is 5.75 Å². The molecule has 1 fully saturated rings. The number of sulfonamides is 1. The van der Waals surface area contributed by atoms with E-state index in [9.17, 15) is 8.42 Å². The Bertz CT molecular complexity index is 1040. The molecule has 2 aromatic heterocycles. The van der Waals surface area contributed by atoms with Crippen molar-refractivity contribution in [1.29, 1.82) is 0 Å². The minimum atomic E-state index is -3.80. The van der Waals surface area contributed by atoms with Gasteiger partial charge in [-0.05, 0) is 31.0 Å². The lowest BCUT2D eigenvalue weighted by Crippen LogP contribution is -2.23. The first-order valence-electron chi connectivity index (χ1n) is 7.52. The molecule has 0 amide bonds. The van der Waals surface area contributed by atoms with E-state index >= 15 is 0 Å². The Balaban J connectivity index is 1.57. The van der Waals surface area contributed by atoms with Crippen molar-refractivity contribution in [2.75, 3.05) is 7.11 Å². The zero-order valence-electron chi connectivity index (χ0n) is 13.1. The Hall–Kier alpha value is -1.75. The van der Waals surface area contributed by atoms with Crippen molar-refractivity contribution >= 4 is 37.9 Å². The molecule has 132 valence electrons. The van der Waals surface area contributed by atoms with Crippen molar-refractivity contribution < 1.29 is 13.2 Å². The molecule has 3 aromatic rings. The van der Waals surface area contributed by atoms with Crippen LogP contribution in [0, 0.1) is 0 Å². The highest BCUT2D eigenvalue weighted by molar-refractivity contribution is 7.89. The quantitative estimate of drug-likeness (QED) is 0.682. The highest BCUT2D eigenvalue weighted by Gasteiger charge is 2.30. The summed E-state index contributed by atoms with van der Waals surface area (Å²) < 4.78 is 34.5. The van der Waals surface area contributed by atoms with Crippen LogP contribution in [0.2, 0.25) is 5.02 Å². The third-order valence-corrected chi connectivity index (χ3v) is 6.38. The van der Waals surface area contributed by atoms with Gasteiger partial charge in [-0.1, -0.05) is 22.9 Å². The molecule has 0 atom stereocenters. The second-order valence-corrected chi connectivity index (χ2v) is 8.85. The number of aromatic nitrogens is 4. The molecule has 0 spiro atoms. The highest BCUT2D eigenvalue weighted by atomic mass is 35.5. The van der Waals surface area contributed by atoms with E-state index in [1.807, 2.05) is 0 Å². The molecule has 0 saturated heterocycles. The summed E-state index contributed by atoms with van der Waals surface area (Å²) in [6, 6.07) is 4.44. The first-order valence-corrected chi connectivity index (χ1v) is 10.2. The molecule has 1 N–H and O–H groups in total. The van der Waals surface area contributed by atoms with Crippen LogP contribution in [0.15, 0.2) is 23.1 Å². The number of halogens is 1. The number of hydrogen-bond acceptors (Lipinski definition) is 7. The maximum atomic E-state index is 12.6. The van der Waals surface area contributed by atoms with E-state index in [2.05, 4.69) is 20.0 Å². The Labute approximate surface area is 152 Å². The molecule has 1 aliphatic rings. The molecule has 4 rings (SSSR count). The van der Waals surface area contributed by atoms with Gasteiger partial charge in [-0.15, -0.1) is 10.2 Å². The second kappa shape index (κ2) is 6.20. The van der Waals surface area contributed by atoms with E-state index in [0.29, 0.717) is 20.9 Å². The number of benzene rings is 1. The predicted octanol–water partition coefficient (Wildman–Crippen LogP) is 2.20. The van der Waals surface area contributed by atoms with Crippen molar-refractivity contribution in [3.63, 3.8) is 0 Å². The average Bonchev–Trinajstić information content (AvgIpc) is 3.22. The zero-order valence-corrected chi connectivity index (χ0v) is 15.5. The summed E-state index contributed by atoms with van der Waals surface area (Å²) in [7, 11) is -2.39. The number of rotatable bonds is 6. The Morgan fingerprint density at radius 2 is 2.20 bits per heavy atom. The van der Waals surface area contributed by atoms with Crippen molar-refractivity contribution in [1.82, 2.24) is 24.5 Å². The summed E-state index contributed by atoms with van der Waals surface area (Å²) in [5.74, 6) is 1.49. The molecule has 2 heterocycles. The van der Waals surface area contributed by atoms with Crippen LogP contribution in [0.4, 0.5) is 0 Å². The molecule has 1 aliphatic carbocycles. The van der Waals surface area contributed by atoms with Crippen LogP contribution in [0.25, 0.3) is 4.96 Å². The van der Waals surface area contributed by atoms with E-state index in [1.165, 1.54) is 30.6 Å². The van der Waals surface area contributed by atoms with Gasteiger partial charge in [0.15, 0.2) is 5.82 Å². The largest absolute Gasteiger partial charge is 0.495 e. The Kier molecular flexibility index (Phi) is 4.14. The van der Waals surface area contributed by atoms with Gasteiger partial charge >= 0.3 is 0 Å². The zero-order chi connectivity index (χ0) is 17.6. The van der Waals surface area contributed by atoms with Gasteiger partial charge in [0.2, 0.25) is 15.0 Å². The molecule has 1 saturated carbocycles. The van der Waals surface area contributed by atoms with Gasteiger partial charge in [-0.25, -0.2) is 13.1 Å². The van der Waals surface area contributed by atoms with Crippen LogP contribution in [-0.4, -0.2) is 35.3 Å². The third-order valence-electron chi connectivity index (χ3n) is 3.83. The van der Waals surface area contributed by atoms with Gasteiger partial charge in [0.05, 0.1) is 13.7 Å². The van der Waals surface area contributed by atoms with Crippen molar-refractivity contribution in [2.24, 2.45) is 0 Å². The van der Waals surface area contributed by atoms with Gasteiger partial charge in [-0.2, -0.15) is 9.61 Å². The fraction of sp³-hybridized carbons (Fsp3) is 0.357. The van der Waals surface area contributed by atoms with E-state index in [4.69, 9.17) is 16.3 Å². The van der Waals surface area contributed by atoms with Crippen LogP contribution in [0.5, 0.6) is 5.75 Å². The van der Waals surface area contributed by atoms with Gasteiger partial charge in [0.25, 0.3) is 0 Å². The fourth-order valence-electron chi connectivity index (χ4n) is 2.43. The number of nitrogens with one attached hydrogen (secondary N) is 1. The molecule has 0 radical (unpaired) electrons. The topological polar surface area (TPSA) is 98.5 Å². The van der Waals surface area contributed by atoms with Crippen LogP contribution < -0.4 is 9.46 Å². The molecule has 25 heavy (non-hydrogen) atoms. The summed E-state index contributed by atoms with van der Waals surface area (Å²) in [6.45, 7) is 0.0517. The minimum Gasteiger partial charge on any atom is -0.495 e. The molecule has 0 unspecified atom stereocenters. The van der Waals surface area contributed by atoms with Crippen LogP contribution >= 0.6 is 22.9 Å². The fourth-order valence-corrected chi connectivity index (χ4v) is 4.72. The summed E-state index contributed by atoms with van der Waals surface area (Å²) in [5, 5.41) is 13.6. The second-order valence-electron chi connectivity index (χ2n) is 5.64. The van der Waals surface area contributed by atoms with Crippen LogP contribution in [-0.2, 0) is 16.6 Å². The normalized spacial score (nSPS) is 15.0. The van der Waals surface area contributed by atoms with Gasteiger partial charge < -0.3 is 4.74 Å². The number of ether oxygens (including phenoxy) is 1. The first-order chi connectivity index (χ1) is 12.0. The van der Waals surface area contributed by atoms with Gasteiger partial charge in [0.1, 0.15) is 15.7 Å². The summed E-state index contributed by atoms with van der Waals surface area (Å²) in [5.41, 5.74) is 0. The van der Waals surface area contributed by atoms with E-state index in [0.717, 1.165) is 18.7 Å². The average molecular weight is 400 g/mol.